The highest BCUT2D eigenvalue weighted by Gasteiger charge is 2.41. The van der Waals surface area contributed by atoms with Gasteiger partial charge in [-0.25, -0.2) is 18.2 Å². The molecular formula is C24H30ClN7O5S2. The van der Waals surface area contributed by atoms with E-state index < -0.39 is 16.1 Å². The molecule has 0 spiro atoms. The van der Waals surface area contributed by atoms with Crippen molar-refractivity contribution >= 4 is 61.3 Å². The van der Waals surface area contributed by atoms with E-state index in [-0.39, 0.29) is 49.1 Å². The SMILES string of the molecule is O=C(CC1CN(S(=O)(=O)c2cc3cc(Cl)ccc3[nH]2)CCN1C(=O)N1CCC2NCSC2=N1)N1CCOCC1. The number of nitrogens with one attached hydrogen (secondary N) is 2. The van der Waals surface area contributed by atoms with Gasteiger partial charge in [-0.2, -0.15) is 9.41 Å². The first kappa shape index (κ1) is 26.8. The number of benzene rings is 1. The maximum absolute atomic E-state index is 13.7. The Kier molecular flexibility index (Phi) is 7.50. The van der Waals surface area contributed by atoms with Gasteiger partial charge in [0.05, 0.1) is 25.3 Å². The summed E-state index contributed by atoms with van der Waals surface area (Å²) in [6, 6.07) is 5.94. The zero-order valence-corrected chi connectivity index (χ0v) is 23.6. The molecule has 5 heterocycles. The second-order valence-electron chi connectivity index (χ2n) is 9.95. The van der Waals surface area contributed by atoms with Crippen molar-refractivity contribution in [3.05, 3.63) is 29.3 Å². The number of aromatic amines is 1. The Morgan fingerprint density at radius 2 is 1.95 bits per heavy atom. The molecule has 4 aliphatic heterocycles. The maximum atomic E-state index is 13.7. The smallest absolute Gasteiger partial charge is 0.340 e. The van der Waals surface area contributed by atoms with Crippen molar-refractivity contribution in [3.63, 3.8) is 0 Å². The lowest BCUT2D eigenvalue weighted by atomic mass is 10.1. The Hall–Kier alpha value is -2.36. The molecule has 12 nitrogen and oxygen atoms in total. The summed E-state index contributed by atoms with van der Waals surface area (Å²) < 4.78 is 34.1. The third-order valence-corrected chi connectivity index (χ3v) is 10.6. The first-order valence-electron chi connectivity index (χ1n) is 13.0. The highest BCUT2D eigenvalue weighted by atomic mass is 35.5. The van der Waals surface area contributed by atoms with Crippen LogP contribution >= 0.6 is 23.4 Å². The highest BCUT2D eigenvalue weighted by Crippen LogP contribution is 2.28. The van der Waals surface area contributed by atoms with Crippen molar-refractivity contribution in [1.82, 2.24) is 29.4 Å². The van der Waals surface area contributed by atoms with Crippen molar-refractivity contribution in [2.75, 3.05) is 58.4 Å². The fourth-order valence-corrected chi connectivity index (χ4v) is 8.06. The molecule has 3 saturated heterocycles. The molecule has 0 aliphatic carbocycles. The van der Waals surface area contributed by atoms with Crippen LogP contribution in [-0.4, -0.2) is 120 Å². The van der Waals surface area contributed by atoms with E-state index in [1.807, 2.05) is 0 Å². The molecule has 3 fully saturated rings. The normalized spacial score (nSPS) is 24.6. The number of carbonyl (C=O) groups excluding carboxylic acids is 2. The number of morpholine rings is 1. The number of aromatic nitrogens is 1. The number of carbonyl (C=O) groups is 2. The summed E-state index contributed by atoms with van der Waals surface area (Å²) in [4.78, 5) is 33.2. The van der Waals surface area contributed by atoms with Gasteiger partial charge in [-0.15, -0.1) is 0 Å². The number of amides is 3. The Labute approximate surface area is 235 Å². The molecule has 0 radical (unpaired) electrons. The van der Waals surface area contributed by atoms with Crippen molar-refractivity contribution in [2.45, 2.75) is 30.0 Å². The van der Waals surface area contributed by atoms with Crippen molar-refractivity contribution < 1.29 is 22.7 Å². The zero-order valence-electron chi connectivity index (χ0n) is 21.2. The second kappa shape index (κ2) is 10.9. The largest absolute Gasteiger partial charge is 0.378 e. The Morgan fingerprint density at radius 1 is 1.13 bits per heavy atom. The molecule has 39 heavy (non-hydrogen) atoms. The third-order valence-electron chi connectivity index (χ3n) is 7.56. The first-order chi connectivity index (χ1) is 18.8. The van der Waals surface area contributed by atoms with Crippen LogP contribution in [0.5, 0.6) is 0 Å². The van der Waals surface area contributed by atoms with Gasteiger partial charge in [0.2, 0.25) is 5.91 Å². The predicted molar refractivity (Wildman–Crippen MR) is 148 cm³/mol. The number of ether oxygens (including phenoxy) is 1. The van der Waals surface area contributed by atoms with Gasteiger partial charge in [-0.3, -0.25) is 10.1 Å². The number of rotatable bonds is 4. The molecule has 3 amide bonds. The predicted octanol–water partition coefficient (Wildman–Crippen LogP) is 1.55. The van der Waals surface area contributed by atoms with E-state index in [2.05, 4.69) is 15.4 Å². The van der Waals surface area contributed by atoms with Crippen LogP contribution in [0, 0.1) is 0 Å². The minimum absolute atomic E-state index is 0.00359. The molecule has 15 heteroatoms. The van der Waals surface area contributed by atoms with Gasteiger partial charge in [0.25, 0.3) is 10.0 Å². The molecule has 2 aromatic rings. The van der Waals surface area contributed by atoms with E-state index in [0.29, 0.717) is 48.8 Å². The van der Waals surface area contributed by atoms with Gasteiger partial charge in [-0.1, -0.05) is 23.4 Å². The molecule has 0 saturated carbocycles. The third kappa shape index (κ3) is 5.37. The Balaban J connectivity index is 1.25. The number of hydrogen-bond donors (Lipinski definition) is 2. The summed E-state index contributed by atoms with van der Waals surface area (Å²) in [7, 11) is -3.92. The number of hydrazone groups is 1. The van der Waals surface area contributed by atoms with Gasteiger partial charge in [-0.05, 0) is 30.7 Å². The number of fused-ring (bicyclic) bond motifs is 2. The van der Waals surface area contributed by atoms with E-state index >= 15 is 0 Å². The quantitative estimate of drug-likeness (QED) is 0.548. The molecule has 6 rings (SSSR count). The summed E-state index contributed by atoms with van der Waals surface area (Å²) in [5.74, 6) is 0.639. The number of urea groups is 1. The molecule has 1 aromatic heterocycles. The number of H-pyrrole nitrogens is 1. The number of nitrogens with zero attached hydrogens (tertiary/aromatic N) is 5. The van der Waals surface area contributed by atoms with Crippen LogP contribution in [0.15, 0.2) is 34.4 Å². The maximum Gasteiger partial charge on any atom is 0.340 e. The van der Waals surface area contributed by atoms with Gasteiger partial charge >= 0.3 is 6.03 Å². The molecular weight excluding hydrogens is 566 g/mol. The van der Waals surface area contributed by atoms with Crippen LogP contribution < -0.4 is 5.32 Å². The average molecular weight is 596 g/mol. The number of thioether (sulfide) groups is 1. The van der Waals surface area contributed by atoms with E-state index in [9.17, 15) is 18.0 Å². The summed E-state index contributed by atoms with van der Waals surface area (Å²) in [5, 5.41) is 11.5. The summed E-state index contributed by atoms with van der Waals surface area (Å²) in [6.07, 6.45) is 0.775. The average Bonchev–Trinajstić information content (AvgIpc) is 3.60. The van der Waals surface area contributed by atoms with E-state index in [0.717, 1.165) is 17.3 Å². The number of halogens is 1. The molecule has 210 valence electrons. The molecule has 2 atom stereocenters. The first-order valence-corrected chi connectivity index (χ1v) is 15.8. The summed E-state index contributed by atoms with van der Waals surface area (Å²) >= 11 is 7.67. The zero-order chi connectivity index (χ0) is 27.1. The summed E-state index contributed by atoms with van der Waals surface area (Å²) in [5.41, 5.74) is 0.660. The topological polar surface area (TPSA) is 131 Å². The van der Waals surface area contributed by atoms with Gasteiger partial charge in [0, 0.05) is 67.5 Å². The minimum Gasteiger partial charge on any atom is -0.378 e. The van der Waals surface area contributed by atoms with Crippen LogP contribution in [0.2, 0.25) is 5.02 Å². The fraction of sp³-hybridized carbons (Fsp3) is 0.542. The number of hydrogen-bond acceptors (Lipinski definition) is 8. The van der Waals surface area contributed by atoms with Crippen molar-refractivity contribution in [3.8, 4) is 0 Å². The monoisotopic (exact) mass is 595 g/mol. The van der Waals surface area contributed by atoms with E-state index in [4.69, 9.17) is 16.3 Å². The fourth-order valence-electron chi connectivity index (χ4n) is 5.41. The lowest BCUT2D eigenvalue weighted by Crippen LogP contribution is -2.60. The van der Waals surface area contributed by atoms with Crippen LogP contribution in [0.3, 0.4) is 0 Å². The van der Waals surface area contributed by atoms with Crippen LogP contribution in [0.4, 0.5) is 4.79 Å². The van der Waals surface area contributed by atoms with Crippen molar-refractivity contribution in [1.29, 1.82) is 0 Å². The van der Waals surface area contributed by atoms with Crippen molar-refractivity contribution in [2.24, 2.45) is 5.10 Å². The van der Waals surface area contributed by atoms with Crippen LogP contribution in [0.25, 0.3) is 10.9 Å². The second-order valence-corrected chi connectivity index (χ2v) is 13.3. The molecule has 0 bridgehead atoms. The summed E-state index contributed by atoms with van der Waals surface area (Å²) in [6.45, 7) is 2.60. The van der Waals surface area contributed by atoms with Crippen LogP contribution in [-0.2, 0) is 19.6 Å². The standard InChI is InChI=1S/C24H30ClN7O5S2/c25-17-1-2-19-16(11-17)12-21(27-19)39(35,36)30-5-6-31(18(14-30)13-22(33)29-7-9-37-10-8-29)24(34)32-4-3-20-23(28-32)38-15-26-20/h1-2,11-12,18,20,26-27H,3-10,13-15H2. The molecule has 4 aliphatic rings. The van der Waals surface area contributed by atoms with E-state index in [1.165, 1.54) is 9.31 Å². The van der Waals surface area contributed by atoms with E-state index in [1.54, 1.807) is 45.8 Å². The molecule has 2 N–H and O–H groups in total. The molecule has 2 unspecified atom stereocenters. The lowest BCUT2D eigenvalue weighted by Gasteiger charge is -2.42. The Bertz CT molecular complexity index is 1410. The minimum atomic E-state index is -3.92. The van der Waals surface area contributed by atoms with Gasteiger partial charge in [0.15, 0.2) is 0 Å². The number of sulfonamides is 1. The van der Waals surface area contributed by atoms with Gasteiger partial charge < -0.3 is 19.5 Å². The number of piperazine rings is 1. The Morgan fingerprint density at radius 3 is 2.77 bits per heavy atom. The van der Waals surface area contributed by atoms with Gasteiger partial charge in [0.1, 0.15) is 10.1 Å². The highest BCUT2D eigenvalue weighted by molar-refractivity contribution is 8.14. The lowest BCUT2D eigenvalue weighted by molar-refractivity contribution is -0.136. The van der Waals surface area contributed by atoms with Crippen LogP contribution in [0.1, 0.15) is 12.8 Å². The molecule has 1 aromatic carbocycles.